The van der Waals surface area contributed by atoms with Crippen LogP contribution in [0.3, 0.4) is 0 Å². The van der Waals surface area contributed by atoms with E-state index in [4.69, 9.17) is 4.42 Å². The summed E-state index contributed by atoms with van der Waals surface area (Å²) in [6.45, 7) is 8.36. The molecular weight excluding hydrogens is 1020 g/mol. The van der Waals surface area contributed by atoms with Crippen molar-refractivity contribution in [3.63, 3.8) is 0 Å². The second kappa shape index (κ2) is 21.4. The minimum atomic E-state index is -0.948. The van der Waals surface area contributed by atoms with Crippen molar-refractivity contribution in [2.45, 2.75) is 164 Å². The first-order chi connectivity index (χ1) is 40.8. The van der Waals surface area contributed by atoms with Gasteiger partial charge < -0.3 is 14.2 Å². The lowest BCUT2D eigenvalue weighted by Gasteiger charge is -2.46. The van der Waals surface area contributed by atoms with Crippen molar-refractivity contribution >= 4 is 28.3 Å². The molecule has 0 saturated carbocycles. The first kappa shape index (κ1) is 52.6. The molecule has 0 amide bonds. The molecule has 0 saturated heterocycles. The van der Waals surface area contributed by atoms with Gasteiger partial charge in [0.05, 0.1) is 29.0 Å². The van der Waals surface area contributed by atoms with Gasteiger partial charge in [-0.3, -0.25) is 0 Å². The van der Waals surface area contributed by atoms with Crippen molar-refractivity contribution in [1.29, 1.82) is 0 Å². The number of benzene rings is 2. The summed E-state index contributed by atoms with van der Waals surface area (Å²) in [5, 5.41) is 1.17. The Hall–Kier alpha value is -7.24. The summed E-state index contributed by atoms with van der Waals surface area (Å²) in [6.07, 6.45) is 65.3. The highest BCUT2D eigenvalue weighted by Crippen LogP contribution is 2.65. The zero-order chi connectivity index (χ0) is 55.8. The standard InChI is InChI=1S/C78H78F2N2O/c1-3-51-23-27-53(28-24-51)77(55-31-35-57(79)36-32-55)71-21-13-11-19-65(71)67-43-39-61(47-73(67)77)81(59-15-7-5-8-16-59)63-41-45-69-70-46-42-64(50-76(70)83-75(69)49-63)82(60-17-9-6-10-18-60)62-40-44-68-66-20-12-14-22-72(66)78(74(68)48-62,56-33-37-58(80)38-34-56)54-29-25-52(4-2)26-30-54/h3-5,7,9,11-13,15,17,19-21,23,27,29,31,33-34,37,39,41-43,45-46,48,50,52,57-58,60-61,63H,1-2,6,8,10,14,16,18,22,24-26,28,30,32,35-36,38,40,44,47,49H2. The maximum atomic E-state index is 15.2. The highest BCUT2D eigenvalue weighted by molar-refractivity contribution is 5.93. The Morgan fingerprint density at radius 2 is 1.51 bits per heavy atom. The van der Waals surface area contributed by atoms with E-state index in [1.807, 2.05) is 12.2 Å². The molecule has 15 rings (SSSR count). The second-order valence-electron chi connectivity index (χ2n) is 25.5. The molecule has 2 aromatic carbocycles. The van der Waals surface area contributed by atoms with Crippen LogP contribution in [0.5, 0.6) is 0 Å². The number of rotatable bonds is 12. The monoisotopic (exact) mass is 1100 g/mol. The summed E-state index contributed by atoms with van der Waals surface area (Å²) in [6, 6.07) is 16.6. The summed E-state index contributed by atoms with van der Waals surface area (Å²) < 4.78 is 37.5. The molecule has 3 aromatic rings. The van der Waals surface area contributed by atoms with Gasteiger partial charge in [0, 0.05) is 46.9 Å². The van der Waals surface area contributed by atoms with Gasteiger partial charge in [-0.25, -0.2) is 8.78 Å². The average Bonchev–Trinajstić information content (AvgIpc) is 1.91. The van der Waals surface area contributed by atoms with Crippen LogP contribution in [0.1, 0.15) is 144 Å². The molecule has 5 heteroatoms. The average molecular weight is 1100 g/mol. The normalized spacial score (nSPS) is 30.6. The minimum Gasteiger partial charge on any atom is -0.460 e. The van der Waals surface area contributed by atoms with Gasteiger partial charge in [-0.2, -0.15) is 0 Å². The van der Waals surface area contributed by atoms with Crippen LogP contribution < -0.4 is 4.90 Å². The number of allylic oxidation sites excluding steroid dienone is 29. The molecule has 420 valence electrons. The van der Waals surface area contributed by atoms with Crippen molar-refractivity contribution in [2.75, 3.05) is 4.90 Å². The Morgan fingerprint density at radius 3 is 2.29 bits per heavy atom. The first-order valence-electron chi connectivity index (χ1n) is 31.8. The van der Waals surface area contributed by atoms with Gasteiger partial charge in [-0.1, -0.05) is 163 Å². The Morgan fingerprint density at radius 1 is 0.639 bits per heavy atom. The zero-order valence-electron chi connectivity index (χ0n) is 48.2. The van der Waals surface area contributed by atoms with Crippen LogP contribution in [0.4, 0.5) is 14.5 Å². The van der Waals surface area contributed by atoms with Gasteiger partial charge in [0.25, 0.3) is 0 Å². The predicted molar refractivity (Wildman–Crippen MR) is 340 cm³/mol. The molecule has 0 radical (unpaired) electrons. The van der Waals surface area contributed by atoms with Crippen LogP contribution in [0, 0.1) is 11.3 Å². The lowest BCUT2D eigenvalue weighted by molar-refractivity contribution is 0.223. The molecule has 8 unspecified atom stereocenters. The third-order valence-corrected chi connectivity index (χ3v) is 21.3. The van der Waals surface area contributed by atoms with Crippen molar-refractivity contribution in [3.05, 3.63) is 267 Å². The maximum Gasteiger partial charge on any atom is 0.136 e. The zero-order valence-corrected chi connectivity index (χ0v) is 48.2. The fourth-order valence-electron chi connectivity index (χ4n) is 17.5. The third-order valence-electron chi connectivity index (χ3n) is 21.3. The number of halogens is 2. The quantitative estimate of drug-likeness (QED) is 0.169. The van der Waals surface area contributed by atoms with Crippen LogP contribution in [0.15, 0.2) is 249 Å². The molecule has 12 aliphatic carbocycles. The maximum absolute atomic E-state index is 15.2. The topological polar surface area (TPSA) is 19.6 Å². The van der Waals surface area contributed by atoms with Gasteiger partial charge in [0.2, 0.25) is 0 Å². The molecule has 1 aromatic heterocycles. The largest absolute Gasteiger partial charge is 0.460 e. The van der Waals surface area contributed by atoms with Crippen LogP contribution in [0.2, 0.25) is 0 Å². The van der Waals surface area contributed by atoms with Crippen molar-refractivity contribution < 1.29 is 13.2 Å². The summed E-state index contributed by atoms with van der Waals surface area (Å²) in [7, 11) is 0. The first-order valence-corrected chi connectivity index (χ1v) is 31.8. The van der Waals surface area contributed by atoms with Gasteiger partial charge in [0.1, 0.15) is 23.7 Å². The Bertz CT molecular complexity index is 3770. The molecule has 0 bridgehead atoms. The highest BCUT2D eigenvalue weighted by Gasteiger charge is 2.53. The number of hydrogen-bond acceptors (Lipinski definition) is 3. The summed E-state index contributed by atoms with van der Waals surface area (Å²) in [4.78, 5) is 5.41. The van der Waals surface area contributed by atoms with Gasteiger partial charge in [0.15, 0.2) is 0 Å². The molecule has 0 fully saturated rings. The second-order valence-corrected chi connectivity index (χ2v) is 25.5. The minimum absolute atomic E-state index is 0.0787. The number of nitrogens with zero attached hydrogens (tertiary/aromatic N) is 2. The van der Waals surface area contributed by atoms with E-state index in [2.05, 4.69) is 181 Å². The predicted octanol–water partition coefficient (Wildman–Crippen LogP) is 19.9. The van der Waals surface area contributed by atoms with Crippen LogP contribution in [0.25, 0.3) is 22.6 Å². The Labute approximate surface area is 491 Å². The molecule has 83 heavy (non-hydrogen) atoms. The van der Waals surface area contributed by atoms with Crippen LogP contribution in [-0.2, 0) is 11.8 Å². The van der Waals surface area contributed by atoms with E-state index in [1.165, 1.54) is 100 Å². The van der Waals surface area contributed by atoms with Crippen LogP contribution >= 0.6 is 0 Å². The highest BCUT2D eigenvalue weighted by atomic mass is 19.1. The lowest BCUT2D eigenvalue weighted by atomic mass is 9.60. The SMILES string of the molecule is C=CC1=CC=C(C2(C3=CCC(F)CC3)C3=C(C=CC(N(C4=CC=CCC4)C4C=Cc5c(oc6cc(N(C7=CC8=C(CC7)C7=C(CCC=C7)C8(C7=CCC(F)C=C7)C7=CCC(C=C)CC7)C7C=CCCC7)ccc56)C4)C3)c3ccccc32)CC1. The molecule has 8 atom stereocenters. The number of alkyl halides is 2. The van der Waals surface area contributed by atoms with E-state index in [0.717, 1.165) is 120 Å². The van der Waals surface area contributed by atoms with E-state index in [9.17, 15) is 0 Å². The van der Waals surface area contributed by atoms with E-state index in [1.54, 1.807) is 0 Å². The number of fused-ring (bicyclic) bond motifs is 6. The summed E-state index contributed by atoms with van der Waals surface area (Å²) in [5.74, 6) is 1.53. The molecule has 3 nitrogen and oxygen atoms in total. The van der Waals surface area contributed by atoms with Gasteiger partial charge >= 0.3 is 0 Å². The number of hydrogen-bond donors (Lipinski definition) is 0. The molecule has 12 aliphatic rings. The van der Waals surface area contributed by atoms with Crippen molar-refractivity contribution in [3.8, 4) is 0 Å². The molecule has 0 N–H and O–H groups in total. The Balaban J connectivity index is 0.790. The fourth-order valence-corrected chi connectivity index (χ4v) is 17.5. The van der Waals surface area contributed by atoms with E-state index in [-0.39, 0.29) is 18.1 Å². The number of anilines is 1. The molecule has 0 aliphatic heterocycles. The third kappa shape index (κ3) is 8.58. The molecular formula is C78H78F2N2O. The van der Waals surface area contributed by atoms with E-state index >= 15 is 8.78 Å². The van der Waals surface area contributed by atoms with E-state index < -0.39 is 23.2 Å². The van der Waals surface area contributed by atoms with Gasteiger partial charge in [-0.05, 0) is 201 Å². The van der Waals surface area contributed by atoms with Crippen molar-refractivity contribution in [1.82, 2.24) is 4.90 Å². The lowest BCUT2D eigenvalue weighted by Crippen LogP contribution is -2.45. The fraction of sp³-hybridized carbons (Fsp3) is 0.359. The molecule has 1 heterocycles. The molecule has 0 spiro atoms. The van der Waals surface area contributed by atoms with E-state index in [0.29, 0.717) is 25.2 Å². The Kier molecular flexibility index (Phi) is 13.6. The van der Waals surface area contributed by atoms with Crippen LogP contribution in [-0.4, -0.2) is 35.4 Å². The summed E-state index contributed by atoms with van der Waals surface area (Å²) in [5.41, 5.74) is 23.4. The number of furan rings is 1. The summed E-state index contributed by atoms with van der Waals surface area (Å²) >= 11 is 0. The van der Waals surface area contributed by atoms with Gasteiger partial charge in [-0.15, -0.1) is 6.58 Å². The van der Waals surface area contributed by atoms with Crippen molar-refractivity contribution in [2.24, 2.45) is 11.3 Å². The smallest absolute Gasteiger partial charge is 0.136 e.